The van der Waals surface area contributed by atoms with E-state index in [0.717, 1.165) is 22.6 Å². The number of rotatable bonds is 1. The molecule has 4 nitrogen and oxygen atoms in total. The fourth-order valence-electron chi connectivity index (χ4n) is 2.51. The van der Waals surface area contributed by atoms with Gasteiger partial charge in [-0.3, -0.25) is 9.48 Å². The number of hydrogen-bond donors (Lipinski definition) is 1. The molecule has 3 rings (SSSR count). The van der Waals surface area contributed by atoms with Crippen LogP contribution in [0, 0.1) is 6.92 Å². The molecule has 21 heavy (non-hydrogen) atoms. The third kappa shape index (κ3) is 2.65. The minimum absolute atomic E-state index is 0.0307. The first-order valence-corrected chi connectivity index (χ1v) is 8.17. The van der Waals surface area contributed by atoms with Crippen LogP contribution in [0.15, 0.2) is 18.2 Å². The Hall–Kier alpha value is -1.17. The third-order valence-corrected chi connectivity index (χ3v) is 5.23. The molecule has 0 fully saturated rings. The van der Waals surface area contributed by atoms with E-state index in [0.29, 0.717) is 15.8 Å². The summed E-state index contributed by atoms with van der Waals surface area (Å²) in [5, 5.41) is 8.48. The highest BCUT2D eigenvalue weighted by atomic mass is 35.5. The highest BCUT2D eigenvalue weighted by Crippen LogP contribution is 2.45. The Morgan fingerprint density at radius 1 is 1.43 bits per heavy atom. The zero-order valence-corrected chi connectivity index (χ0v) is 13.8. The van der Waals surface area contributed by atoms with Crippen LogP contribution in [0.3, 0.4) is 0 Å². The van der Waals surface area contributed by atoms with Crippen LogP contribution in [-0.4, -0.2) is 21.4 Å². The molecule has 1 aromatic carbocycles. The van der Waals surface area contributed by atoms with E-state index in [1.807, 2.05) is 26.1 Å². The third-order valence-electron chi connectivity index (χ3n) is 3.41. The van der Waals surface area contributed by atoms with Crippen molar-refractivity contribution in [3.8, 4) is 0 Å². The highest BCUT2D eigenvalue weighted by Gasteiger charge is 2.30. The fourth-order valence-corrected chi connectivity index (χ4v) is 4.31. The van der Waals surface area contributed by atoms with Crippen molar-refractivity contribution in [2.24, 2.45) is 7.05 Å². The minimum Gasteiger partial charge on any atom is -0.310 e. The van der Waals surface area contributed by atoms with Crippen molar-refractivity contribution in [2.45, 2.75) is 12.2 Å². The monoisotopic (exact) mass is 341 g/mol. The lowest BCUT2D eigenvalue weighted by Gasteiger charge is -2.16. The molecule has 1 aliphatic heterocycles. The summed E-state index contributed by atoms with van der Waals surface area (Å²) in [5.74, 6) is 1.08. The summed E-state index contributed by atoms with van der Waals surface area (Å²) >= 11 is 13.9. The van der Waals surface area contributed by atoms with Crippen molar-refractivity contribution >= 4 is 46.7 Å². The van der Waals surface area contributed by atoms with Gasteiger partial charge in [-0.2, -0.15) is 5.10 Å². The van der Waals surface area contributed by atoms with Crippen molar-refractivity contribution in [1.82, 2.24) is 9.78 Å². The predicted octanol–water partition coefficient (Wildman–Crippen LogP) is 3.81. The number of anilines is 1. The standard InChI is InChI=1S/C14H13Cl2N3OS/c1-7-12-13(9-4-3-8(15)5-10(9)16)21-6-11(20)17-14(12)19(2)18-7/h3-5,13H,6H2,1-2H3,(H,17,20)/t13-/m1/s1. The molecular weight excluding hydrogens is 329 g/mol. The van der Waals surface area contributed by atoms with Gasteiger partial charge in [0, 0.05) is 22.7 Å². The summed E-state index contributed by atoms with van der Waals surface area (Å²) in [6.45, 7) is 1.94. The second kappa shape index (κ2) is 5.55. The van der Waals surface area contributed by atoms with Gasteiger partial charge in [-0.15, -0.1) is 11.8 Å². The van der Waals surface area contributed by atoms with Gasteiger partial charge < -0.3 is 5.32 Å². The van der Waals surface area contributed by atoms with Crippen molar-refractivity contribution in [2.75, 3.05) is 11.1 Å². The molecule has 7 heteroatoms. The Labute approximate surface area is 136 Å². The smallest absolute Gasteiger partial charge is 0.235 e. The Balaban J connectivity index is 2.17. The van der Waals surface area contributed by atoms with Crippen molar-refractivity contribution in [1.29, 1.82) is 0 Å². The number of nitrogens with zero attached hydrogens (tertiary/aromatic N) is 2. The Bertz CT molecular complexity index is 729. The average molecular weight is 342 g/mol. The maximum absolute atomic E-state index is 11.9. The second-order valence-corrected chi connectivity index (χ2v) is 6.81. The normalized spacial score (nSPS) is 18.1. The number of fused-ring (bicyclic) bond motifs is 1. The van der Waals surface area contributed by atoms with Gasteiger partial charge in [-0.05, 0) is 24.6 Å². The van der Waals surface area contributed by atoms with Crippen LogP contribution < -0.4 is 5.32 Å². The highest BCUT2D eigenvalue weighted by molar-refractivity contribution is 8.00. The summed E-state index contributed by atoms with van der Waals surface area (Å²) in [6, 6.07) is 5.45. The Morgan fingerprint density at radius 2 is 2.19 bits per heavy atom. The van der Waals surface area contributed by atoms with Crippen LogP contribution in [0.5, 0.6) is 0 Å². The molecule has 2 aromatic rings. The van der Waals surface area contributed by atoms with Crippen LogP contribution in [0.25, 0.3) is 0 Å². The van der Waals surface area contributed by atoms with E-state index in [9.17, 15) is 4.79 Å². The maximum Gasteiger partial charge on any atom is 0.235 e. The topological polar surface area (TPSA) is 46.9 Å². The molecule has 1 aliphatic rings. The van der Waals surface area contributed by atoms with E-state index in [2.05, 4.69) is 10.4 Å². The second-order valence-electron chi connectivity index (χ2n) is 4.88. The van der Waals surface area contributed by atoms with E-state index in [-0.39, 0.29) is 11.2 Å². The number of halogens is 2. The Kier molecular flexibility index (Phi) is 3.90. The number of thioether (sulfide) groups is 1. The molecule has 0 saturated carbocycles. The van der Waals surface area contributed by atoms with Crippen LogP contribution in [0.4, 0.5) is 5.82 Å². The maximum atomic E-state index is 11.9. The molecule has 1 N–H and O–H groups in total. The zero-order chi connectivity index (χ0) is 15.1. The van der Waals surface area contributed by atoms with Crippen LogP contribution in [0.1, 0.15) is 22.1 Å². The lowest BCUT2D eigenvalue weighted by Crippen LogP contribution is -2.15. The van der Waals surface area contributed by atoms with Gasteiger partial charge in [0.2, 0.25) is 5.91 Å². The van der Waals surface area contributed by atoms with Crippen molar-refractivity contribution < 1.29 is 4.79 Å². The quantitative estimate of drug-likeness (QED) is 0.857. The number of aryl methyl sites for hydroxylation is 2. The molecule has 0 saturated heterocycles. The molecule has 0 aliphatic carbocycles. The lowest BCUT2D eigenvalue weighted by molar-refractivity contribution is -0.113. The molecule has 0 bridgehead atoms. The number of benzene rings is 1. The first kappa shape index (κ1) is 14.8. The molecular formula is C14H13Cl2N3OS. The van der Waals surface area contributed by atoms with Crippen LogP contribution in [-0.2, 0) is 11.8 Å². The van der Waals surface area contributed by atoms with E-state index >= 15 is 0 Å². The summed E-state index contributed by atoms with van der Waals surface area (Å²) in [7, 11) is 1.82. The number of aromatic nitrogens is 2. The number of nitrogens with one attached hydrogen (secondary N) is 1. The molecule has 110 valence electrons. The fraction of sp³-hybridized carbons (Fsp3) is 0.286. The predicted molar refractivity (Wildman–Crippen MR) is 87.3 cm³/mol. The van der Waals surface area contributed by atoms with E-state index in [1.165, 1.54) is 0 Å². The van der Waals surface area contributed by atoms with Gasteiger partial charge in [0.1, 0.15) is 5.82 Å². The van der Waals surface area contributed by atoms with Crippen LogP contribution in [0.2, 0.25) is 10.0 Å². The molecule has 2 heterocycles. The Morgan fingerprint density at radius 3 is 2.90 bits per heavy atom. The molecule has 1 aromatic heterocycles. The number of carbonyl (C=O) groups excluding carboxylic acids is 1. The number of amides is 1. The summed E-state index contributed by atoms with van der Waals surface area (Å²) in [4.78, 5) is 11.9. The SMILES string of the molecule is Cc1nn(C)c2c1[C@@H](c1ccc(Cl)cc1Cl)SCC(=O)N2. The van der Waals surface area contributed by atoms with Crippen molar-refractivity contribution in [3.05, 3.63) is 45.1 Å². The molecule has 1 atom stereocenters. The van der Waals surface area contributed by atoms with E-state index in [4.69, 9.17) is 23.2 Å². The minimum atomic E-state index is -0.0441. The lowest BCUT2D eigenvalue weighted by atomic mass is 10.0. The molecule has 1 amide bonds. The number of hydrogen-bond acceptors (Lipinski definition) is 3. The summed E-state index contributed by atoms with van der Waals surface area (Å²) < 4.78 is 1.70. The van der Waals surface area contributed by atoms with Gasteiger partial charge in [0.15, 0.2) is 0 Å². The first-order valence-electron chi connectivity index (χ1n) is 6.37. The molecule has 0 radical (unpaired) electrons. The largest absolute Gasteiger partial charge is 0.310 e. The van der Waals surface area contributed by atoms with Gasteiger partial charge in [-0.25, -0.2) is 0 Å². The molecule has 0 unspecified atom stereocenters. The first-order chi connectivity index (χ1) is 9.97. The zero-order valence-electron chi connectivity index (χ0n) is 11.5. The van der Waals surface area contributed by atoms with Gasteiger partial charge in [-0.1, -0.05) is 29.3 Å². The number of carbonyl (C=O) groups is 1. The summed E-state index contributed by atoms with van der Waals surface area (Å²) in [6.07, 6.45) is 0. The van der Waals surface area contributed by atoms with E-state index < -0.39 is 0 Å². The molecule has 0 spiro atoms. The van der Waals surface area contributed by atoms with Crippen molar-refractivity contribution in [3.63, 3.8) is 0 Å². The van der Waals surface area contributed by atoms with E-state index in [1.54, 1.807) is 22.5 Å². The van der Waals surface area contributed by atoms with Gasteiger partial charge >= 0.3 is 0 Å². The van der Waals surface area contributed by atoms with Gasteiger partial charge in [0.05, 0.1) is 16.7 Å². The van der Waals surface area contributed by atoms with Crippen LogP contribution >= 0.6 is 35.0 Å². The average Bonchev–Trinajstić information content (AvgIpc) is 2.59. The summed E-state index contributed by atoms with van der Waals surface area (Å²) in [5.41, 5.74) is 2.83. The van der Waals surface area contributed by atoms with Gasteiger partial charge in [0.25, 0.3) is 0 Å².